The molecule has 0 spiro atoms. The third-order valence-corrected chi connectivity index (χ3v) is 6.26. The first kappa shape index (κ1) is 13.9. The van der Waals surface area contributed by atoms with Gasteiger partial charge in [0.1, 0.15) is 11.6 Å². The van der Waals surface area contributed by atoms with Gasteiger partial charge in [0.05, 0.1) is 0 Å². The van der Waals surface area contributed by atoms with Crippen LogP contribution in [0.2, 0.25) is 0 Å². The van der Waals surface area contributed by atoms with Crippen molar-refractivity contribution in [1.29, 1.82) is 0 Å². The van der Waals surface area contributed by atoms with Crippen molar-refractivity contribution in [2.75, 3.05) is 13.1 Å². The van der Waals surface area contributed by atoms with Crippen LogP contribution in [0.15, 0.2) is 23.1 Å². The minimum atomic E-state index is -4.16. The smallest absolute Gasteiger partial charge is 0.249 e. The Morgan fingerprint density at radius 2 is 1.90 bits per heavy atom. The van der Waals surface area contributed by atoms with Crippen LogP contribution in [0.1, 0.15) is 13.3 Å². The number of fused-ring (bicyclic) bond motifs is 1. The maximum Gasteiger partial charge on any atom is 0.249 e. The van der Waals surface area contributed by atoms with Crippen LogP contribution in [0, 0.1) is 17.6 Å². The van der Waals surface area contributed by atoms with Crippen LogP contribution in [-0.4, -0.2) is 37.9 Å². The van der Waals surface area contributed by atoms with E-state index < -0.39 is 26.6 Å². The second kappa shape index (κ2) is 4.75. The number of hydrogen-bond acceptors (Lipinski definition) is 3. The molecule has 0 aromatic heterocycles. The summed E-state index contributed by atoms with van der Waals surface area (Å²) in [6, 6.07) is 2.66. The van der Waals surface area contributed by atoms with Gasteiger partial charge in [0, 0.05) is 18.6 Å². The molecule has 1 aromatic rings. The topological polar surface area (TPSA) is 49.4 Å². The number of sulfonamides is 1. The average molecular weight is 302 g/mol. The average Bonchev–Trinajstić information content (AvgIpc) is 2.87. The zero-order valence-electron chi connectivity index (χ0n) is 11.0. The highest BCUT2D eigenvalue weighted by molar-refractivity contribution is 7.89. The lowest BCUT2D eigenvalue weighted by Gasteiger charge is -2.26. The molecular weight excluding hydrogens is 286 g/mol. The summed E-state index contributed by atoms with van der Waals surface area (Å²) in [4.78, 5) is -0.834. The second-order valence-corrected chi connectivity index (χ2v) is 7.24. The third-order valence-electron chi connectivity index (χ3n) is 4.16. The van der Waals surface area contributed by atoms with Crippen molar-refractivity contribution >= 4 is 10.0 Å². The Bertz CT molecular complexity index is 615. The van der Waals surface area contributed by atoms with E-state index in [1.54, 1.807) is 6.92 Å². The molecule has 4 nitrogen and oxygen atoms in total. The zero-order valence-corrected chi connectivity index (χ0v) is 11.8. The van der Waals surface area contributed by atoms with Gasteiger partial charge < -0.3 is 5.32 Å². The fourth-order valence-corrected chi connectivity index (χ4v) is 5.38. The Labute approximate surface area is 116 Å². The predicted molar refractivity (Wildman–Crippen MR) is 69.6 cm³/mol. The van der Waals surface area contributed by atoms with Crippen LogP contribution in [0.4, 0.5) is 8.78 Å². The van der Waals surface area contributed by atoms with Crippen molar-refractivity contribution < 1.29 is 17.2 Å². The molecule has 0 saturated carbocycles. The Morgan fingerprint density at radius 3 is 2.55 bits per heavy atom. The van der Waals surface area contributed by atoms with Crippen molar-refractivity contribution in [3.8, 4) is 0 Å². The highest BCUT2D eigenvalue weighted by atomic mass is 32.2. The molecule has 1 N–H and O–H groups in total. The summed E-state index contributed by atoms with van der Waals surface area (Å²) in [6.45, 7) is 3.07. The molecule has 2 heterocycles. The lowest BCUT2D eigenvalue weighted by Crippen LogP contribution is -2.43. The summed E-state index contributed by atoms with van der Waals surface area (Å²) in [6.07, 6.45) is 0.715. The molecule has 1 aromatic carbocycles. The first-order valence-corrected chi connectivity index (χ1v) is 8.05. The van der Waals surface area contributed by atoms with E-state index in [9.17, 15) is 17.2 Å². The first-order valence-electron chi connectivity index (χ1n) is 6.61. The summed E-state index contributed by atoms with van der Waals surface area (Å²) in [5, 5.41) is 3.13. The molecule has 0 amide bonds. The van der Waals surface area contributed by atoms with E-state index in [4.69, 9.17) is 0 Å². The monoisotopic (exact) mass is 302 g/mol. The SMILES string of the molecule is CC1CC2CNCC2N1S(=O)(=O)c1c(F)cccc1F. The third kappa shape index (κ3) is 1.96. The largest absolute Gasteiger partial charge is 0.315 e. The van der Waals surface area contributed by atoms with Gasteiger partial charge in [0.25, 0.3) is 0 Å². The quantitative estimate of drug-likeness (QED) is 0.897. The first-order chi connectivity index (χ1) is 9.43. The van der Waals surface area contributed by atoms with Gasteiger partial charge in [-0.15, -0.1) is 0 Å². The van der Waals surface area contributed by atoms with E-state index in [-0.39, 0.29) is 18.0 Å². The second-order valence-electron chi connectivity index (χ2n) is 5.46. The molecule has 2 aliphatic rings. The van der Waals surface area contributed by atoms with Gasteiger partial charge in [-0.1, -0.05) is 6.07 Å². The zero-order chi connectivity index (χ0) is 14.5. The molecule has 2 saturated heterocycles. The Balaban J connectivity index is 2.08. The lowest BCUT2D eigenvalue weighted by molar-refractivity contribution is 0.331. The highest BCUT2D eigenvalue weighted by Crippen LogP contribution is 2.37. The molecular formula is C13H16F2N2O2S. The van der Waals surface area contributed by atoms with Crippen LogP contribution in [-0.2, 0) is 10.0 Å². The lowest BCUT2D eigenvalue weighted by atomic mass is 10.0. The summed E-state index contributed by atoms with van der Waals surface area (Å²) < 4.78 is 54.2. The van der Waals surface area contributed by atoms with E-state index >= 15 is 0 Å². The van der Waals surface area contributed by atoms with Crippen LogP contribution < -0.4 is 5.32 Å². The number of rotatable bonds is 2. The van der Waals surface area contributed by atoms with Gasteiger partial charge in [-0.25, -0.2) is 17.2 Å². The minimum absolute atomic E-state index is 0.214. The van der Waals surface area contributed by atoms with Crippen LogP contribution in [0.25, 0.3) is 0 Å². The van der Waals surface area contributed by atoms with Crippen molar-refractivity contribution in [3.05, 3.63) is 29.8 Å². The summed E-state index contributed by atoms with van der Waals surface area (Å²) >= 11 is 0. The Morgan fingerprint density at radius 1 is 1.25 bits per heavy atom. The number of halogens is 2. The van der Waals surface area contributed by atoms with Crippen LogP contribution in [0.3, 0.4) is 0 Å². The molecule has 7 heteroatoms. The molecule has 3 rings (SSSR count). The van der Waals surface area contributed by atoms with Gasteiger partial charge in [-0.2, -0.15) is 4.31 Å². The molecule has 0 bridgehead atoms. The number of nitrogens with zero attached hydrogens (tertiary/aromatic N) is 1. The number of hydrogen-bond donors (Lipinski definition) is 1. The van der Waals surface area contributed by atoms with Crippen molar-refractivity contribution in [2.45, 2.75) is 30.3 Å². The fourth-order valence-electron chi connectivity index (χ4n) is 3.38. The standard InChI is InChI=1S/C13H16F2N2O2S/c1-8-5-9-6-16-7-12(9)17(8)20(18,19)13-10(14)3-2-4-11(13)15/h2-4,8-9,12,16H,5-7H2,1H3. The van der Waals surface area contributed by atoms with E-state index in [0.29, 0.717) is 13.0 Å². The molecule has 110 valence electrons. The molecule has 0 aliphatic carbocycles. The van der Waals surface area contributed by atoms with Crippen LogP contribution in [0.5, 0.6) is 0 Å². The molecule has 3 atom stereocenters. The summed E-state index contributed by atoms with van der Waals surface area (Å²) in [5.41, 5.74) is 0. The van der Waals surface area contributed by atoms with E-state index in [1.165, 1.54) is 4.31 Å². The van der Waals surface area contributed by atoms with E-state index in [2.05, 4.69) is 5.32 Å². The Kier molecular flexibility index (Phi) is 3.30. The van der Waals surface area contributed by atoms with Gasteiger partial charge in [-0.3, -0.25) is 0 Å². The highest BCUT2D eigenvalue weighted by Gasteiger charge is 2.49. The fraction of sp³-hybridized carbons (Fsp3) is 0.538. The molecule has 2 fully saturated rings. The number of nitrogens with one attached hydrogen (secondary N) is 1. The molecule has 0 radical (unpaired) electrons. The molecule has 20 heavy (non-hydrogen) atoms. The molecule has 2 aliphatic heterocycles. The summed E-state index contributed by atoms with van der Waals surface area (Å²) in [5.74, 6) is -1.85. The summed E-state index contributed by atoms with van der Waals surface area (Å²) in [7, 11) is -4.16. The van der Waals surface area contributed by atoms with Crippen molar-refractivity contribution in [3.63, 3.8) is 0 Å². The normalized spacial score (nSPS) is 30.6. The van der Waals surface area contributed by atoms with E-state index in [0.717, 1.165) is 24.7 Å². The predicted octanol–water partition coefficient (Wildman–Crippen LogP) is 1.34. The minimum Gasteiger partial charge on any atom is -0.315 e. The maximum absolute atomic E-state index is 13.8. The van der Waals surface area contributed by atoms with Crippen molar-refractivity contribution in [2.24, 2.45) is 5.92 Å². The Hall–Kier alpha value is -1.05. The van der Waals surface area contributed by atoms with Gasteiger partial charge in [-0.05, 0) is 37.9 Å². The van der Waals surface area contributed by atoms with Crippen LogP contribution >= 0.6 is 0 Å². The van der Waals surface area contributed by atoms with E-state index in [1.807, 2.05) is 0 Å². The molecule has 3 unspecified atom stereocenters. The van der Waals surface area contributed by atoms with Gasteiger partial charge in [0.15, 0.2) is 4.90 Å². The van der Waals surface area contributed by atoms with Gasteiger partial charge in [0.2, 0.25) is 10.0 Å². The van der Waals surface area contributed by atoms with Gasteiger partial charge >= 0.3 is 0 Å². The maximum atomic E-state index is 13.8. The van der Waals surface area contributed by atoms with Crippen molar-refractivity contribution in [1.82, 2.24) is 9.62 Å². The number of benzene rings is 1.